The number of hydrogen-bond acceptors (Lipinski definition) is 2. The van der Waals surface area contributed by atoms with Crippen LogP contribution in [0.25, 0.3) is 5.69 Å². The summed E-state index contributed by atoms with van der Waals surface area (Å²) in [4.78, 5) is 4.32. The van der Waals surface area contributed by atoms with Crippen molar-refractivity contribution < 1.29 is 0 Å². The van der Waals surface area contributed by atoms with Crippen LogP contribution in [0.1, 0.15) is 13.8 Å². The van der Waals surface area contributed by atoms with Gasteiger partial charge >= 0.3 is 0 Å². The number of imidazole rings is 1. The summed E-state index contributed by atoms with van der Waals surface area (Å²) in [6.07, 6.45) is 3.71. The zero-order valence-electron chi connectivity index (χ0n) is 10.3. The maximum Gasteiger partial charge on any atom is 0.207 e. The van der Waals surface area contributed by atoms with Gasteiger partial charge in [-0.25, -0.2) is 4.98 Å². The van der Waals surface area contributed by atoms with E-state index in [1.165, 1.54) is 0 Å². The molecule has 0 unspecified atom stereocenters. The number of hydrogen-bond donors (Lipinski definition) is 1. The zero-order valence-corrected chi connectivity index (χ0v) is 12.7. The van der Waals surface area contributed by atoms with E-state index in [1.54, 1.807) is 6.20 Å². The molecule has 0 aliphatic carbocycles. The number of aromatic nitrogens is 2. The van der Waals surface area contributed by atoms with Gasteiger partial charge in [-0.05, 0) is 40.0 Å². The molecule has 0 bridgehead atoms. The molecule has 0 aliphatic rings. The lowest BCUT2D eigenvalue weighted by Crippen LogP contribution is -2.11. The van der Waals surface area contributed by atoms with Gasteiger partial charge in [0.05, 0.1) is 5.02 Å². The molecule has 0 radical (unpaired) electrons. The van der Waals surface area contributed by atoms with Crippen LogP contribution in [0, 0.1) is 5.92 Å². The number of nitrogens with zero attached hydrogens (tertiary/aromatic N) is 2. The van der Waals surface area contributed by atoms with E-state index in [1.807, 2.05) is 29.0 Å². The molecule has 2 rings (SSSR count). The molecule has 1 N–H and O–H groups in total. The van der Waals surface area contributed by atoms with Crippen LogP contribution >= 0.6 is 27.5 Å². The van der Waals surface area contributed by atoms with E-state index in [2.05, 4.69) is 40.1 Å². The van der Waals surface area contributed by atoms with Crippen molar-refractivity contribution in [2.45, 2.75) is 13.8 Å². The van der Waals surface area contributed by atoms with E-state index in [-0.39, 0.29) is 0 Å². The number of rotatable bonds is 4. The summed E-state index contributed by atoms with van der Waals surface area (Å²) in [5.74, 6) is 1.42. The molecular weight excluding hydrogens is 314 g/mol. The molecule has 1 heterocycles. The van der Waals surface area contributed by atoms with Gasteiger partial charge in [-0.15, -0.1) is 0 Å². The maximum absolute atomic E-state index is 6.00. The Kier molecular flexibility index (Phi) is 4.30. The van der Waals surface area contributed by atoms with Crippen molar-refractivity contribution in [3.8, 4) is 5.69 Å². The Hall–Kier alpha value is -1.000. The fourth-order valence-electron chi connectivity index (χ4n) is 1.57. The zero-order chi connectivity index (χ0) is 13.1. The van der Waals surface area contributed by atoms with Crippen molar-refractivity contribution in [1.29, 1.82) is 0 Å². The van der Waals surface area contributed by atoms with Crippen LogP contribution in [0.3, 0.4) is 0 Å². The lowest BCUT2D eigenvalue weighted by Gasteiger charge is -2.12. The summed E-state index contributed by atoms with van der Waals surface area (Å²) in [7, 11) is 0. The fourth-order valence-corrected chi connectivity index (χ4v) is 2.06. The molecular formula is C13H15BrClN3. The van der Waals surface area contributed by atoms with Gasteiger partial charge in [-0.1, -0.05) is 25.4 Å². The van der Waals surface area contributed by atoms with Gasteiger partial charge < -0.3 is 5.32 Å². The number of nitrogens with one attached hydrogen (secondary N) is 1. The van der Waals surface area contributed by atoms with Crippen LogP contribution in [0.2, 0.25) is 5.02 Å². The van der Waals surface area contributed by atoms with Crippen molar-refractivity contribution in [1.82, 2.24) is 9.55 Å². The van der Waals surface area contributed by atoms with Gasteiger partial charge in [-0.3, -0.25) is 4.57 Å². The maximum atomic E-state index is 6.00. The van der Waals surface area contributed by atoms with Crippen LogP contribution in [0.5, 0.6) is 0 Å². The van der Waals surface area contributed by atoms with E-state index >= 15 is 0 Å². The molecule has 1 aromatic heterocycles. The Labute approximate surface area is 120 Å². The molecule has 0 saturated heterocycles. The highest BCUT2D eigenvalue weighted by molar-refractivity contribution is 9.10. The monoisotopic (exact) mass is 327 g/mol. The first-order chi connectivity index (χ1) is 8.58. The SMILES string of the molecule is CC(C)CNc1nccn1-c1ccc(Cl)c(Br)c1. The van der Waals surface area contributed by atoms with Crippen LogP contribution in [-0.4, -0.2) is 16.1 Å². The second-order valence-electron chi connectivity index (χ2n) is 4.49. The third-order valence-electron chi connectivity index (χ3n) is 2.49. The summed E-state index contributed by atoms with van der Waals surface area (Å²) in [5, 5.41) is 4.03. The summed E-state index contributed by atoms with van der Waals surface area (Å²) < 4.78 is 2.88. The second-order valence-corrected chi connectivity index (χ2v) is 5.76. The third kappa shape index (κ3) is 3.06. The lowest BCUT2D eigenvalue weighted by molar-refractivity contribution is 0.683. The molecule has 18 heavy (non-hydrogen) atoms. The molecule has 3 nitrogen and oxygen atoms in total. The average molecular weight is 329 g/mol. The summed E-state index contributed by atoms with van der Waals surface area (Å²) in [6.45, 7) is 5.23. The van der Waals surface area contributed by atoms with Gasteiger partial charge in [0.25, 0.3) is 0 Å². The van der Waals surface area contributed by atoms with Crippen molar-refractivity contribution >= 4 is 33.5 Å². The van der Waals surface area contributed by atoms with E-state index in [9.17, 15) is 0 Å². The minimum Gasteiger partial charge on any atom is -0.355 e. The van der Waals surface area contributed by atoms with Gasteiger partial charge in [0, 0.05) is 29.1 Å². The first kappa shape index (κ1) is 13.4. The van der Waals surface area contributed by atoms with Gasteiger partial charge in [0.2, 0.25) is 5.95 Å². The van der Waals surface area contributed by atoms with E-state index in [0.29, 0.717) is 10.9 Å². The average Bonchev–Trinajstić information content (AvgIpc) is 2.78. The summed E-state index contributed by atoms with van der Waals surface area (Å²) in [6, 6.07) is 5.81. The molecule has 5 heteroatoms. The standard InChI is InChI=1S/C13H15BrClN3/c1-9(2)8-17-13-16-5-6-18(13)10-3-4-12(15)11(14)7-10/h3-7,9H,8H2,1-2H3,(H,16,17). The van der Waals surface area contributed by atoms with Crippen LogP contribution in [0.15, 0.2) is 35.1 Å². The number of halogens is 2. The fraction of sp³-hybridized carbons (Fsp3) is 0.308. The van der Waals surface area contributed by atoms with E-state index in [0.717, 1.165) is 22.7 Å². The predicted molar refractivity (Wildman–Crippen MR) is 79.6 cm³/mol. The Morgan fingerprint density at radius 2 is 2.22 bits per heavy atom. The quantitative estimate of drug-likeness (QED) is 0.904. The molecule has 0 fully saturated rings. The van der Waals surface area contributed by atoms with Gasteiger partial charge in [0.15, 0.2) is 0 Å². The van der Waals surface area contributed by atoms with E-state index < -0.39 is 0 Å². The van der Waals surface area contributed by atoms with Crippen molar-refractivity contribution in [2.75, 3.05) is 11.9 Å². The van der Waals surface area contributed by atoms with Crippen molar-refractivity contribution in [3.05, 3.63) is 40.1 Å². The first-order valence-electron chi connectivity index (χ1n) is 5.80. The van der Waals surface area contributed by atoms with Crippen LogP contribution in [-0.2, 0) is 0 Å². The van der Waals surface area contributed by atoms with Crippen LogP contribution in [0.4, 0.5) is 5.95 Å². The molecule has 1 aromatic carbocycles. The highest BCUT2D eigenvalue weighted by atomic mass is 79.9. The largest absolute Gasteiger partial charge is 0.355 e. The molecule has 0 spiro atoms. The molecule has 96 valence electrons. The van der Waals surface area contributed by atoms with E-state index in [4.69, 9.17) is 11.6 Å². The molecule has 2 aromatic rings. The molecule has 0 amide bonds. The van der Waals surface area contributed by atoms with Crippen molar-refractivity contribution in [2.24, 2.45) is 5.92 Å². The second kappa shape index (κ2) is 5.76. The summed E-state index contributed by atoms with van der Waals surface area (Å²) >= 11 is 9.43. The Morgan fingerprint density at radius 3 is 2.89 bits per heavy atom. The topological polar surface area (TPSA) is 29.9 Å². The first-order valence-corrected chi connectivity index (χ1v) is 6.97. The Bertz CT molecular complexity index is 537. The molecule has 0 atom stereocenters. The number of anilines is 1. The third-order valence-corrected chi connectivity index (χ3v) is 3.70. The van der Waals surface area contributed by atoms with Crippen LogP contribution < -0.4 is 5.32 Å². The minimum absolute atomic E-state index is 0.576. The smallest absolute Gasteiger partial charge is 0.207 e. The minimum atomic E-state index is 0.576. The molecule has 0 aliphatic heterocycles. The highest BCUT2D eigenvalue weighted by Gasteiger charge is 2.06. The van der Waals surface area contributed by atoms with Gasteiger partial charge in [-0.2, -0.15) is 0 Å². The lowest BCUT2D eigenvalue weighted by atomic mass is 10.2. The highest BCUT2D eigenvalue weighted by Crippen LogP contribution is 2.26. The molecule has 0 saturated carbocycles. The predicted octanol–water partition coefficient (Wildman–Crippen LogP) is 4.36. The van der Waals surface area contributed by atoms with Crippen molar-refractivity contribution in [3.63, 3.8) is 0 Å². The van der Waals surface area contributed by atoms with Gasteiger partial charge in [0.1, 0.15) is 0 Å². The number of benzene rings is 1. The normalized spacial score (nSPS) is 10.9. The summed E-state index contributed by atoms with van der Waals surface area (Å²) in [5.41, 5.74) is 1.02. The Balaban J connectivity index is 2.27. The Morgan fingerprint density at radius 1 is 1.44 bits per heavy atom.